The first-order valence-corrected chi connectivity index (χ1v) is 16.8. The van der Waals surface area contributed by atoms with Gasteiger partial charge < -0.3 is 49.7 Å². The number of rotatable bonds is 19. The molecular weight excluding hydrogens is 660 g/mol. The fourth-order valence-electron chi connectivity index (χ4n) is 5.36. The summed E-state index contributed by atoms with van der Waals surface area (Å²) in [6, 6.07) is 9.23. The second-order valence-corrected chi connectivity index (χ2v) is 11.5. The van der Waals surface area contributed by atoms with Crippen LogP contribution in [0.2, 0.25) is 0 Å². The number of hydrogen-bond acceptors (Lipinski definition) is 12. The topological polar surface area (TPSA) is 194 Å². The van der Waals surface area contributed by atoms with E-state index in [0.717, 1.165) is 39.9 Å². The second-order valence-electron chi connectivity index (χ2n) is 11.5. The summed E-state index contributed by atoms with van der Waals surface area (Å²) in [6.07, 6.45) is 7.11. The molecule has 1 saturated heterocycles. The third kappa shape index (κ3) is 11.6. The van der Waals surface area contributed by atoms with Crippen LogP contribution in [0.15, 0.2) is 53.9 Å². The molecule has 1 aromatic carbocycles. The summed E-state index contributed by atoms with van der Waals surface area (Å²) >= 11 is 0. The van der Waals surface area contributed by atoms with Gasteiger partial charge in [-0.25, -0.2) is 14.5 Å². The molecule has 1 aliphatic rings. The first-order valence-electron chi connectivity index (χ1n) is 16.8. The van der Waals surface area contributed by atoms with Crippen molar-refractivity contribution in [3.05, 3.63) is 65.6 Å². The number of phenols is 1. The normalized spacial score (nSPS) is 14.3. The first kappa shape index (κ1) is 39.0. The number of ether oxygens (including phenoxy) is 6. The number of aryl methyl sites for hydroxylation is 2. The Bertz CT molecular complexity index is 1710. The van der Waals surface area contributed by atoms with Crippen LogP contribution in [0.1, 0.15) is 30.0 Å². The summed E-state index contributed by atoms with van der Waals surface area (Å²) in [5.41, 5.74) is 13.5. The highest BCUT2D eigenvalue weighted by Crippen LogP contribution is 2.33. The summed E-state index contributed by atoms with van der Waals surface area (Å²) in [5.74, 6) is 1.05. The summed E-state index contributed by atoms with van der Waals surface area (Å²) in [4.78, 5) is 17.7. The van der Waals surface area contributed by atoms with Crippen LogP contribution in [0.5, 0.6) is 11.6 Å². The van der Waals surface area contributed by atoms with E-state index in [2.05, 4.69) is 16.4 Å². The molecular formula is C36H48N6O9. The maximum Gasteiger partial charge on any atom is 0.290 e. The van der Waals surface area contributed by atoms with Gasteiger partial charge in [0.05, 0.1) is 87.5 Å². The molecule has 276 valence electrons. The minimum absolute atomic E-state index is 0.128. The lowest BCUT2D eigenvalue weighted by Gasteiger charge is -2.17. The molecule has 4 aromatic rings. The number of aliphatic imine (C=N–C) groups is 1. The molecule has 0 radical (unpaired) electrons. The molecule has 1 fully saturated rings. The summed E-state index contributed by atoms with van der Waals surface area (Å²) in [5, 5.41) is 25.2. The number of nitrogens with two attached hydrogens (primary N) is 1. The molecule has 4 heterocycles. The average Bonchev–Trinajstić information content (AvgIpc) is 3.80. The number of nitrogens with one attached hydrogen (secondary N) is 1. The SMILES string of the molecule is CCc1cc(O)ccc1N=C(N)c1cnn2cc(-c3cnc(OCCOCCOCCOCCOC)cc3C)cc2c1N[C@H]1CCOC1.O=CO. The van der Waals surface area contributed by atoms with Crippen LogP contribution < -0.4 is 15.8 Å². The van der Waals surface area contributed by atoms with Crippen molar-refractivity contribution in [1.82, 2.24) is 14.6 Å². The third-order valence-electron chi connectivity index (χ3n) is 7.93. The first-order chi connectivity index (χ1) is 24.9. The van der Waals surface area contributed by atoms with Crippen molar-refractivity contribution < 1.29 is 43.4 Å². The molecule has 0 unspecified atom stereocenters. The van der Waals surface area contributed by atoms with E-state index in [1.54, 1.807) is 31.5 Å². The number of methoxy groups -OCH3 is 1. The van der Waals surface area contributed by atoms with Crippen LogP contribution in [0, 0.1) is 6.92 Å². The Kier molecular flexibility index (Phi) is 15.9. The zero-order chi connectivity index (χ0) is 36.4. The molecule has 0 aliphatic carbocycles. The van der Waals surface area contributed by atoms with Crippen LogP contribution in [0.25, 0.3) is 16.6 Å². The number of pyridine rings is 1. The summed E-state index contributed by atoms with van der Waals surface area (Å²) in [6.45, 7) is 9.05. The fraction of sp³-hybridized carbons (Fsp3) is 0.444. The lowest BCUT2D eigenvalue weighted by atomic mass is 10.1. The zero-order valence-corrected chi connectivity index (χ0v) is 29.4. The van der Waals surface area contributed by atoms with Crippen LogP contribution in [0.3, 0.4) is 0 Å². The van der Waals surface area contributed by atoms with Crippen LogP contribution >= 0.6 is 0 Å². The van der Waals surface area contributed by atoms with Gasteiger partial charge >= 0.3 is 0 Å². The van der Waals surface area contributed by atoms with Crippen molar-refractivity contribution in [2.45, 2.75) is 32.7 Å². The van der Waals surface area contributed by atoms with E-state index < -0.39 is 0 Å². The Morgan fingerprint density at radius 2 is 1.78 bits per heavy atom. The van der Waals surface area contributed by atoms with Gasteiger partial charge in [-0.15, -0.1) is 0 Å². The quantitative estimate of drug-likeness (QED) is 0.0473. The highest BCUT2D eigenvalue weighted by atomic mass is 16.6. The number of carbonyl (C=O) groups is 1. The molecule has 3 aromatic heterocycles. The predicted molar refractivity (Wildman–Crippen MR) is 192 cm³/mol. The Morgan fingerprint density at radius 3 is 2.43 bits per heavy atom. The van der Waals surface area contributed by atoms with Crippen molar-refractivity contribution in [1.29, 1.82) is 0 Å². The summed E-state index contributed by atoms with van der Waals surface area (Å²) < 4.78 is 34.7. The number of phenolic OH excluding ortho intramolecular Hbond substituents is 1. The molecule has 0 bridgehead atoms. The van der Waals surface area contributed by atoms with Crippen molar-refractivity contribution in [3.63, 3.8) is 0 Å². The number of anilines is 1. The maximum absolute atomic E-state index is 9.94. The van der Waals surface area contributed by atoms with Gasteiger partial charge in [-0.1, -0.05) is 6.92 Å². The highest BCUT2D eigenvalue weighted by molar-refractivity contribution is 6.06. The van der Waals surface area contributed by atoms with Gasteiger partial charge in [0.15, 0.2) is 0 Å². The molecule has 1 aliphatic heterocycles. The van der Waals surface area contributed by atoms with E-state index in [1.807, 2.05) is 36.8 Å². The van der Waals surface area contributed by atoms with Gasteiger partial charge in [0, 0.05) is 43.3 Å². The number of benzene rings is 1. The number of nitrogens with zero attached hydrogens (tertiary/aromatic N) is 4. The van der Waals surface area contributed by atoms with Crippen molar-refractivity contribution in [2.75, 3.05) is 78.5 Å². The van der Waals surface area contributed by atoms with Crippen molar-refractivity contribution in [3.8, 4) is 22.8 Å². The van der Waals surface area contributed by atoms with Gasteiger partial charge in [0.2, 0.25) is 5.88 Å². The number of carboxylic acid groups (broad SMARTS) is 1. The van der Waals surface area contributed by atoms with Gasteiger partial charge in [-0.3, -0.25) is 4.79 Å². The van der Waals surface area contributed by atoms with E-state index in [1.165, 1.54) is 0 Å². The van der Waals surface area contributed by atoms with Crippen LogP contribution in [-0.2, 0) is 34.9 Å². The lowest BCUT2D eigenvalue weighted by Crippen LogP contribution is -2.24. The molecule has 0 saturated carbocycles. The van der Waals surface area contributed by atoms with Crippen molar-refractivity contribution >= 4 is 29.2 Å². The molecule has 1 atom stereocenters. The Morgan fingerprint density at radius 1 is 1.08 bits per heavy atom. The van der Waals surface area contributed by atoms with Crippen molar-refractivity contribution in [2.24, 2.45) is 10.7 Å². The molecule has 15 nitrogen and oxygen atoms in total. The fourth-order valence-corrected chi connectivity index (χ4v) is 5.36. The van der Waals surface area contributed by atoms with E-state index in [4.69, 9.17) is 54.1 Å². The van der Waals surface area contributed by atoms with Gasteiger partial charge in [0.1, 0.15) is 18.2 Å². The van der Waals surface area contributed by atoms with E-state index in [-0.39, 0.29) is 18.3 Å². The molecule has 5 rings (SSSR count). The molecule has 0 spiro atoms. The Balaban J connectivity index is 0.00000188. The second kappa shape index (κ2) is 20.8. The van der Waals surface area contributed by atoms with E-state index in [9.17, 15) is 5.11 Å². The average molecular weight is 709 g/mol. The third-order valence-corrected chi connectivity index (χ3v) is 7.93. The summed E-state index contributed by atoms with van der Waals surface area (Å²) in [7, 11) is 1.64. The Hall–Kier alpha value is -4.80. The minimum atomic E-state index is -0.250. The largest absolute Gasteiger partial charge is 0.508 e. The maximum atomic E-state index is 9.94. The predicted octanol–water partition coefficient (Wildman–Crippen LogP) is 3.99. The number of aromatic hydroxyl groups is 1. The molecule has 0 amide bonds. The van der Waals surface area contributed by atoms with Gasteiger partial charge in [-0.05, 0) is 55.2 Å². The van der Waals surface area contributed by atoms with E-state index in [0.29, 0.717) is 95.5 Å². The van der Waals surface area contributed by atoms with Gasteiger partial charge in [0.25, 0.3) is 6.47 Å². The monoisotopic (exact) mass is 708 g/mol. The molecule has 5 N–H and O–H groups in total. The number of aromatic nitrogens is 3. The zero-order valence-electron chi connectivity index (χ0n) is 29.4. The number of fused-ring (bicyclic) bond motifs is 1. The van der Waals surface area contributed by atoms with Crippen LogP contribution in [-0.4, -0.2) is 116 Å². The number of hydrogen-bond donors (Lipinski definition) is 4. The smallest absolute Gasteiger partial charge is 0.290 e. The Labute approximate surface area is 297 Å². The van der Waals surface area contributed by atoms with Crippen LogP contribution in [0.4, 0.5) is 11.4 Å². The standard InChI is InChI=1S/C35H46N6O7.CH2O2/c1-4-25-18-28(42)5-6-31(25)40-35(36)30-21-38-41-22-26(19-32(41)34(30)39-27-7-8-47-23-27)29-20-37-33(17-24(29)2)48-16-15-46-14-13-45-12-11-44-10-9-43-3;2-1-3/h5-6,17-22,27,39,42H,4,7-16,23H2,1-3H3,(H2,36,40);1H,(H,2,3)/t27-;/m0./s1. The lowest BCUT2D eigenvalue weighted by molar-refractivity contribution is -0.122. The number of amidine groups is 1. The van der Waals surface area contributed by atoms with Gasteiger partial charge in [-0.2, -0.15) is 5.10 Å². The highest BCUT2D eigenvalue weighted by Gasteiger charge is 2.22. The molecule has 15 heteroatoms. The minimum Gasteiger partial charge on any atom is -0.508 e. The van der Waals surface area contributed by atoms with E-state index >= 15 is 0 Å². The molecule has 51 heavy (non-hydrogen) atoms.